The molecule has 2 aliphatic rings. The van der Waals surface area contributed by atoms with Gasteiger partial charge in [0.2, 0.25) is 0 Å². The maximum atomic E-state index is 13.3. The molecule has 128 valence electrons. The number of halogens is 2. The summed E-state index contributed by atoms with van der Waals surface area (Å²) >= 11 is 4.60. The lowest BCUT2D eigenvalue weighted by Crippen LogP contribution is -2.19. The molecule has 0 radical (unpaired) electrons. The van der Waals surface area contributed by atoms with Gasteiger partial charge in [0.15, 0.2) is 16.7 Å². The van der Waals surface area contributed by atoms with Crippen LogP contribution in [0.5, 0.6) is 5.75 Å². The molecule has 1 saturated carbocycles. The maximum Gasteiger partial charge on any atom is 0.169 e. The SMILES string of the molecule is Fc1ccc(F)c2c1OC[C@H]1C[C@@H]21.N#Cc1ccc(NC(N)=S)nc1. The number of anilines is 1. The van der Waals surface area contributed by atoms with Crippen LogP contribution in [0.25, 0.3) is 0 Å². The lowest BCUT2D eigenvalue weighted by Gasteiger charge is -2.17. The Morgan fingerprint density at radius 3 is 2.72 bits per heavy atom. The van der Waals surface area contributed by atoms with E-state index in [-0.39, 0.29) is 22.6 Å². The van der Waals surface area contributed by atoms with Gasteiger partial charge in [0.05, 0.1) is 12.2 Å². The highest BCUT2D eigenvalue weighted by Gasteiger charge is 2.46. The lowest BCUT2D eigenvalue weighted by molar-refractivity contribution is 0.261. The van der Waals surface area contributed by atoms with Crippen molar-refractivity contribution in [3.63, 3.8) is 0 Å². The zero-order valence-corrected chi connectivity index (χ0v) is 13.8. The summed E-state index contributed by atoms with van der Waals surface area (Å²) in [6.45, 7) is 0.540. The molecule has 1 aromatic carbocycles. The van der Waals surface area contributed by atoms with Gasteiger partial charge in [-0.3, -0.25) is 0 Å². The van der Waals surface area contributed by atoms with E-state index in [1.54, 1.807) is 12.1 Å². The number of nitrogens with two attached hydrogens (primary N) is 1. The number of thiocarbonyl (C=S) groups is 1. The Kier molecular flexibility index (Phi) is 4.76. The van der Waals surface area contributed by atoms with Crippen molar-refractivity contribution in [3.8, 4) is 11.8 Å². The van der Waals surface area contributed by atoms with Crippen molar-refractivity contribution in [2.75, 3.05) is 11.9 Å². The normalized spacial score (nSPS) is 19.1. The van der Waals surface area contributed by atoms with Crippen molar-refractivity contribution in [3.05, 3.63) is 53.2 Å². The summed E-state index contributed by atoms with van der Waals surface area (Å²) in [4.78, 5) is 3.89. The molecule has 0 amide bonds. The van der Waals surface area contributed by atoms with Crippen LogP contribution in [0.15, 0.2) is 30.5 Å². The van der Waals surface area contributed by atoms with E-state index in [0.717, 1.165) is 12.5 Å². The molecule has 1 aliphatic heterocycles. The maximum absolute atomic E-state index is 13.3. The fourth-order valence-corrected chi connectivity index (χ4v) is 2.78. The summed E-state index contributed by atoms with van der Waals surface area (Å²) in [5, 5.41) is 11.3. The number of nitrogens with zero attached hydrogens (tertiary/aromatic N) is 2. The van der Waals surface area contributed by atoms with Gasteiger partial charge in [-0.05, 0) is 48.8 Å². The fourth-order valence-electron chi connectivity index (χ4n) is 2.68. The molecule has 2 heterocycles. The minimum absolute atomic E-state index is 0.138. The zero-order valence-electron chi connectivity index (χ0n) is 13.0. The highest BCUT2D eigenvalue weighted by Crippen LogP contribution is 2.54. The number of fused-ring (bicyclic) bond motifs is 3. The molecule has 1 fully saturated rings. The summed E-state index contributed by atoms with van der Waals surface area (Å²) < 4.78 is 31.6. The molecule has 2 aromatic rings. The predicted octanol–water partition coefficient (Wildman–Crippen LogP) is 3.07. The van der Waals surface area contributed by atoms with Crippen LogP contribution in [0, 0.1) is 28.9 Å². The molecule has 5 nitrogen and oxygen atoms in total. The van der Waals surface area contributed by atoms with Gasteiger partial charge in [-0.2, -0.15) is 5.26 Å². The first-order valence-electron chi connectivity index (χ1n) is 7.53. The Labute approximate surface area is 148 Å². The topological polar surface area (TPSA) is 84.0 Å². The first kappa shape index (κ1) is 17.0. The van der Waals surface area contributed by atoms with Gasteiger partial charge in [-0.15, -0.1) is 0 Å². The second kappa shape index (κ2) is 6.99. The van der Waals surface area contributed by atoms with E-state index in [1.165, 1.54) is 12.3 Å². The molecule has 0 spiro atoms. The van der Waals surface area contributed by atoms with E-state index in [0.29, 0.717) is 29.5 Å². The number of ether oxygens (including phenoxy) is 1. The molecule has 2 atom stereocenters. The summed E-state index contributed by atoms with van der Waals surface area (Å²) in [5.41, 5.74) is 6.17. The number of aromatic nitrogens is 1. The summed E-state index contributed by atoms with van der Waals surface area (Å²) in [7, 11) is 0. The first-order chi connectivity index (χ1) is 12.0. The third kappa shape index (κ3) is 3.83. The predicted molar refractivity (Wildman–Crippen MR) is 92.1 cm³/mol. The monoisotopic (exact) mass is 360 g/mol. The van der Waals surface area contributed by atoms with Crippen LogP contribution in [0.2, 0.25) is 0 Å². The van der Waals surface area contributed by atoms with E-state index in [4.69, 9.17) is 15.7 Å². The molecule has 25 heavy (non-hydrogen) atoms. The van der Waals surface area contributed by atoms with Gasteiger partial charge in [-0.1, -0.05) is 0 Å². The first-order valence-corrected chi connectivity index (χ1v) is 7.93. The molecule has 3 N–H and O–H groups in total. The molecule has 0 bridgehead atoms. The van der Waals surface area contributed by atoms with E-state index in [9.17, 15) is 8.78 Å². The number of rotatable bonds is 1. The van der Waals surface area contributed by atoms with E-state index in [2.05, 4.69) is 22.5 Å². The Morgan fingerprint density at radius 2 is 2.08 bits per heavy atom. The highest BCUT2D eigenvalue weighted by molar-refractivity contribution is 7.80. The number of pyridine rings is 1. The van der Waals surface area contributed by atoms with Crippen molar-refractivity contribution < 1.29 is 13.5 Å². The summed E-state index contributed by atoms with van der Waals surface area (Å²) in [6.07, 6.45) is 2.38. The Bertz CT molecular complexity index is 851. The van der Waals surface area contributed by atoms with Gasteiger partial charge in [0.25, 0.3) is 0 Å². The Hall–Kier alpha value is -2.79. The third-order valence-electron chi connectivity index (χ3n) is 3.97. The molecule has 1 aliphatic carbocycles. The average molecular weight is 360 g/mol. The lowest BCUT2D eigenvalue weighted by atomic mass is 10.1. The second-order valence-corrected chi connectivity index (χ2v) is 6.16. The standard InChI is InChI=1S/C10H8F2O.C7H6N4S/c11-7-1-2-8(12)10-9(7)6-3-5(6)4-13-10;8-3-5-1-2-6(10-4-5)11-7(9)12/h1-2,5-6H,3-4H2;1-2,4H,(H3,9,10,11,12)/t5-,6-;/m1./s1. The number of nitriles is 1. The summed E-state index contributed by atoms with van der Waals surface area (Å²) in [5.74, 6) is 0.536. The quantitative estimate of drug-likeness (QED) is 0.761. The minimum Gasteiger partial charge on any atom is -0.490 e. The van der Waals surface area contributed by atoms with E-state index < -0.39 is 5.82 Å². The smallest absolute Gasteiger partial charge is 0.169 e. The molecule has 8 heteroatoms. The highest BCUT2D eigenvalue weighted by atomic mass is 32.1. The van der Waals surface area contributed by atoms with Crippen LogP contribution < -0.4 is 15.8 Å². The van der Waals surface area contributed by atoms with Crippen LogP contribution >= 0.6 is 12.2 Å². The van der Waals surface area contributed by atoms with Gasteiger partial charge in [0, 0.05) is 17.7 Å². The van der Waals surface area contributed by atoms with Crippen LogP contribution in [0.4, 0.5) is 14.6 Å². The van der Waals surface area contributed by atoms with Crippen molar-refractivity contribution in [2.24, 2.45) is 11.7 Å². The third-order valence-corrected chi connectivity index (χ3v) is 4.08. The van der Waals surface area contributed by atoms with Gasteiger partial charge >= 0.3 is 0 Å². The second-order valence-electron chi connectivity index (χ2n) is 5.72. The van der Waals surface area contributed by atoms with Crippen molar-refractivity contribution in [2.45, 2.75) is 12.3 Å². The average Bonchev–Trinajstić information content (AvgIpc) is 3.38. The number of benzene rings is 1. The van der Waals surface area contributed by atoms with Crippen molar-refractivity contribution in [1.29, 1.82) is 5.26 Å². The molecular weight excluding hydrogens is 346 g/mol. The number of nitrogens with one attached hydrogen (secondary N) is 1. The van der Waals surface area contributed by atoms with Gasteiger partial charge in [0.1, 0.15) is 17.7 Å². The van der Waals surface area contributed by atoms with Crippen molar-refractivity contribution in [1.82, 2.24) is 4.98 Å². The van der Waals surface area contributed by atoms with E-state index in [1.807, 2.05) is 6.07 Å². The van der Waals surface area contributed by atoms with Crippen LogP contribution in [-0.4, -0.2) is 16.7 Å². The van der Waals surface area contributed by atoms with Gasteiger partial charge in [-0.25, -0.2) is 13.8 Å². The Balaban J connectivity index is 0.000000147. The zero-order chi connectivity index (χ0) is 18.0. The van der Waals surface area contributed by atoms with Crippen LogP contribution in [0.3, 0.4) is 0 Å². The summed E-state index contributed by atoms with van der Waals surface area (Å²) in [6, 6.07) is 7.52. The van der Waals surface area contributed by atoms with Crippen LogP contribution in [-0.2, 0) is 0 Å². The van der Waals surface area contributed by atoms with Crippen molar-refractivity contribution >= 4 is 23.1 Å². The van der Waals surface area contributed by atoms with Crippen LogP contribution in [0.1, 0.15) is 23.5 Å². The molecule has 0 unspecified atom stereocenters. The number of hydrogen-bond acceptors (Lipinski definition) is 4. The fraction of sp³-hybridized carbons (Fsp3) is 0.235. The molecular formula is C17H14F2N4OS. The molecule has 1 aromatic heterocycles. The number of hydrogen-bond donors (Lipinski definition) is 2. The van der Waals surface area contributed by atoms with E-state index >= 15 is 0 Å². The van der Waals surface area contributed by atoms with Gasteiger partial charge < -0.3 is 15.8 Å². The molecule has 0 saturated heterocycles. The largest absolute Gasteiger partial charge is 0.490 e. The Morgan fingerprint density at radius 1 is 1.32 bits per heavy atom. The molecule has 4 rings (SSSR count). The minimum atomic E-state index is -0.443.